The zero-order chi connectivity index (χ0) is 17.9. The first-order chi connectivity index (χ1) is 12.7. The van der Waals surface area contributed by atoms with E-state index in [4.69, 9.17) is 4.52 Å². The Morgan fingerprint density at radius 1 is 1.15 bits per heavy atom. The number of hydrogen-bond donors (Lipinski definition) is 0. The molecule has 5 nitrogen and oxygen atoms in total. The van der Waals surface area contributed by atoms with Crippen molar-refractivity contribution in [3.05, 3.63) is 35.7 Å². The first kappa shape index (κ1) is 17.3. The Labute approximate surface area is 154 Å². The van der Waals surface area contributed by atoms with Gasteiger partial charge in [-0.1, -0.05) is 47.8 Å². The summed E-state index contributed by atoms with van der Waals surface area (Å²) < 4.78 is 5.36. The van der Waals surface area contributed by atoms with Gasteiger partial charge in [0.2, 0.25) is 17.6 Å². The number of nitrogens with zero attached hydrogens (tertiary/aromatic N) is 3. The number of amides is 1. The molecule has 1 saturated carbocycles. The maximum atomic E-state index is 12.8. The van der Waals surface area contributed by atoms with E-state index in [0.29, 0.717) is 30.6 Å². The Kier molecular flexibility index (Phi) is 5.05. The zero-order valence-electron chi connectivity index (χ0n) is 15.5. The molecule has 1 aromatic carbocycles. The van der Waals surface area contributed by atoms with Crippen molar-refractivity contribution < 1.29 is 9.32 Å². The summed E-state index contributed by atoms with van der Waals surface area (Å²) >= 11 is 0. The molecule has 1 amide bonds. The van der Waals surface area contributed by atoms with Crippen molar-refractivity contribution >= 4 is 5.91 Å². The molecule has 1 aliphatic carbocycles. The summed E-state index contributed by atoms with van der Waals surface area (Å²) in [5, 5.41) is 4.06. The van der Waals surface area contributed by atoms with Crippen LogP contribution in [0.15, 0.2) is 28.8 Å². The summed E-state index contributed by atoms with van der Waals surface area (Å²) in [6.07, 6.45) is 8.46. The first-order valence-corrected chi connectivity index (χ1v) is 9.90. The molecule has 138 valence electrons. The number of fused-ring (bicyclic) bond motifs is 1. The average Bonchev–Trinajstić information content (AvgIpc) is 3.15. The minimum absolute atomic E-state index is 0.247. The highest BCUT2D eigenvalue weighted by Gasteiger charge is 2.35. The highest BCUT2D eigenvalue weighted by atomic mass is 16.5. The molecule has 0 bridgehead atoms. The van der Waals surface area contributed by atoms with Gasteiger partial charge < -0.3 is 9.42 Å². The second-order valence-electron chi connectivity index (χ2n) is 7.72. The lowest BCUT2D eigenvalue weighted by molar-refractivity contribution is -0.137. The number of aryl methyl sites for hydroxylation is 2. The van der Waals surface area contributed by atoms with Gasteiger partial charge in [0, 0.05) is 31.0 Å². The lowest BCUT2D eigenvalue weighted by Crippen LogP contribution is -2.49. The van der Waals surface area contributed by atoms with E-state index in [9.17, 15) is 4.79 Å². The van der Waals surface area contributed by atoms with Gasteiger partial charge >= 0.3 is 0 Å². The molecular weight excluding hydrogens is 326 g/mol. The standard InChI is InChI=1S/C21H27N3O2/c1-15-8-10-17(11-9-15)21-22-19(26-23-21)12-13-20(25)24-14-4-6-16-5-2-3-7-18(16)24/h8-11,16,18H,2-7,12-14H2,1H3. The van der Waals surface area contributed by atoms with Gasteiger partial charge in [0.25, 0.3) is 0 Å². The summed E-state index contributed by atoms with van der Waals surface area (Å²) in [4.78, 5) is 19.4. The quantitative estimate of drug-likeness (QED) is 0.828. The molecule has 1 saturated heterocycles. The number of carbonyl (C=O) groups excluding carboxylic acids is 1. The SMILES string of the molecule is Cc1ccc(-c2noc(CCC(=O)N3CCCC4CCCCC43)n2)cc1. The van der Waals surface area contributed by atoms with Crippen LogP contribution in [-0.2, 0) is 11.2 Å². The van der Waals surface area contributed by atoms with Crippen molar-refractivity contribution in [1.29, 1.82) is 0 Å². The molecule has 2 fully saturated rings. The summed E-state index contributed by atoms with van der Waals surface area (Å²) in [5.74, 6) is 2.11. The lowest BCUT2D eigenvalue weighted by Gasteiger charge is -2.44. The molecule has 4 rings (SSSR count). The fraction of sp³-hybridized carbons (Fsp3) is 0.571. The van der Waals surface area contributed by atoms with E-state index in [2.05, 4.69) is 22.0 Å². The molecule has 2 aliphatic rings. The van der Waals surface area contributed by atoms with E-state index in [-0.39, 0.29) is 5.91 Å². The van der Waals surface area contributed by atoms with Gasteiger partial charge in [0.1, 0.15) is 0 Å². The highest BCUT2D eigenvalue weighted by molar-refractivity contribution is 5.76. The summed E-state index contributed by atoms with van der Waals surface area (Å²) in [7, 11) is 0. The minimum Gasteiger partial charge on any atom is -0.339 e. The smallest absolute Gasteiger partial charge is 0.227 e. The molecule has 1 aromatic heterocycles. The van der Waals surface area contributed by atoms with E-state index in [1.165, 1.54) is 37.7 Å². The second-order valence-corrected chi connectivity index (χ2v) is 7.72. The maximum absolute atomic E-state index is 12.8. The third-order valence-corrected chi connectivity index (χ3v) is 5.89. The van der Waals surface area contributed by atoms with E-state index < -0.39 is 0 Å². The van der Waals surface area contributed by atoms with Crippen molar-refractivity contribution in [3.8, 4) is 11.4 Å². The van der Waals surface area contributed by atoms with Gasteiger partial charge in [0.05, 0.1) is 0 Å². The molecule has 26 heavy (non-hydrogen) atoms. The summed E-state index contributed by atoms with van der Waals surface area (Å²) in [6, 6.07) is 8.52. The normalized spacial score (nSPS) is 22.9. The van der Waals surface area contributed by atoms with Crippen molar-refractivity contribution in [2.45, 2.75) is 64.3 Å². The van der Waals surface area contributed by atoms with Crippen LogP contribution in [0.4, 0.5) is 0 Å². The molecule has 0 spiro atoms. The fourth-order valence-corrected chi connectivity index (χ4v) is 4.47. The van der Waals surface area contributed by atoms with Crippen LogP contribution in [0.3, 0.4) is 0 Å². The number of aromatic nitrogens is 2. The largest absolute Gasteiger partial charge is 0.339 e. The molecule has 2 aromatic rings. The molecule has 1 aliphatic heterocycles. The van der Waals surface area contributed by atoms with E-state index in [1.807, 2.05) is 24.3 Å². The van der Waals surface area contributed by atoms with Crippen LogP contribution < -0.4 is 0 Å². The predicted molar refractivity (Wildman–Crippen MR) is 99.5 cm³/mol. The van der Waals surface area contributed by atoms with Crippen LogP contribution in [-0.4, -0.2) is 33.5 Å². The second kappa shape index (κ2) is 7.60. The summed E-state index contributed by atoms with van der Waals surface area (Å²) in [5.41, 5.74) is 2.14. The monoisotopic (exact) mass is 353 g/mol. The summed E-state index contributed by atoms with van der Waals surface area (Å²) in [6.45, 7) is 2.97. The predicted octanol–water partition coefficient (Wildman–Crippen LogP) is 4.16. The van der Waals surface area contributed by atoms with Gasteiger partial charge in [-0.25, -0.2) is 0 Å². The Bertz CT molecular complexity index is 751. The van der Waals surface area contributed by atoms with Gasteiger partial charge in [-0.2, -0.15) is 4.98 Å². The average molecular weight is 353 g/mol. The van der Waals surface area contributed by atoms with Crippen LogP contribution in [0.25, 0.3) is 11.4 Å². The number of likely N-dealkylation sites (tertiary alicyclic amines) is 1. The fourth-order valence-electron chi connectivity index (χ4n) is 4.47. The molecule has 2 unspecified atom stereocenters. The van der Waals surface area contributed by atoms with Crippen LogP contribution in [0.5, 0.6) is 0 Å². The van der Waals surface area contributed by atoms with Crippen molar-refractivity contribution in [3.63, 3.8) is 0 Å². The Morgan fingerprint density at radius 3 is 2.77 bits per heavy atom. The topological polar surface area (TPSA) is 59.2 Å². The Morgan fingerprint density at radius 2 is 1.92 bits per heavy atom. The Hall–Kier alpha value is -2.17. The van der Waals surface area contributed by atoms with Gasteiger partial charge in [-0.05, 0) is 38.5 Å². The third kappa shape index (κ3) is 3.67. The van der Waals surface area contributed by atoms with Crippen molar-refractivity contribution in [2.75, 3.05) is 6.54 Å². The Balaban J connectivity index is 1.36. The number of hydrogen-bond acceptors (Lipinski definition) is 4. The highest BCUT2D eigenvalue weighted by Crippen LogP contribution is 2.35. The van der Waals surface area contributed by atoms with E-state index in [1.54, 1.807) is 0 Å². The van der Waals surface area contributed by atoms with Crippen molar-refractivity contribution in [2.24, 2.45) is 5.92 Å². The van der Waals surface area contributed by atoms with Gasteiger partial charge in [0.15, 0.2) is 0 Å². The van der Waals surface area contributed by atoms with Crippen molar-refractivity contribution in [1.82, 2.24) is 15.0 Å². The van der Waals surface area contributed by atoms with Crippen LogP contribution in [0.2, 0.25) is 0 Å². The molecule has 2 atom stereocenters. The third-order valence-electron chi connectivity index (χ3n) is 5.89. The number of carbonyl (C=O) groups is 1. The molecule has 0 radical (unpaired) electrons. The number of piperidine rings is 1. The minimum atomic E-state index is 0.247. The lowest BCUT2D eigenvalue weighted by atomic mass is 9.78. The van der Waals surface area contributed by atoms with Gasteiger partial charge in [-0.3, -0.25) is 4.79 Å². The first-order valence-electron chi connectivity index (χ1n) is 9.90. The van der Waals surface area contributed by atoms with E-state index >= 15 is 0 Å². The number of benzene rings is 1. The zero-order valence-corrected chi connectivity index (χ0v) is 15.5. The van der Waals surface area contributed by atoms with Crippen LogP contribution >= 0.6 is 0 Å². The maximum Gasteiger partial charge on any atom is 0.227 e. The molecule has 5 heteroatoms. The molecular formula is C21H27N3O2. The van der Waals surface area contributed by atoms with Crippen LogP contribution in [0, 0.1) is 12.8 Å². The van der Waals surface area contributed by atoms with E-state index in [0.717, 1.165) is 24.4 Å². The van der Waals surface area contributed by atoms with Gasteiger partial charge in [-0.15, -0.1) is 0 Å². The number of rotatable bonds is 4. The van der Waals surface area contributed by atoms with Crippen LogP contribution in [0.1, 0.15) is 56.4 Å². The molecule has 2 heterocycles. The molecule has 0 N–H and O–H groups in total.